The molecule has 1 saturated heterocycles. The minimum Gasteiger partial charge on any atom is -0.373 e. The van der Waals surface area contributed by atoms with E-state index < -0.39 is 10.2 Å². The van der Waals surface area contributed by atoms with E-state index in [9.17, 15) is 8.42 Å². The summed E-state index contributed by atoms with van der Waals surface area (Å²) in [5, 5.41) is 0.262. The van der Waals surface area contributed by atoms with Crippen LogP contribution in [0.15, 0.2) is 11.6 Å². The Hall–Kier alpha value is -0.140. The molecule has 5 nitrogen and oxygen atoms in total. The van der Waals surface area contributed by atoms with E-state index in [-0.39, 0.29) is 23.8 Å². The Bertz CT molecular complexity index is 348. The Labute approximate surface area is 102 Å². The van der Waals surface area contributed by atoms with Gasteiger partial charge in [-0.3, -0.25) is 0 Å². The summed E-state index contributed by atoms with van der Waals surface area (Å²) in [6, 6.07) is 0. The summed E-state index contributed by atoms with van der Waals surface area (Å²) in [4.78, 5) is 0. The van der Waals surface area contributed by atoms with E-state index in [4.69, 9.17) is 16.3 Å². The molecule has 0 radical (unpaired) electrons. The summed E-state index contributed by atoms with van der Waals surface area (Å²) in [6.45, 7) is 7.88. The van der Waals surface area contributed by atoms with Crippen molar-refractivity contribution in [3.8, 4) is 0 Å². The third-order valence-electron chi connectivity index (χ3n) is 2.17. The summed E-state index contributed by atoms with van der Waals surface area (Å²) in [5.74, 6) is 0. The van der Waals surface area contributed by atoms with Crippen LogP contribution in [0.3, 0.4) is 0 Å². The number of nitrogens with one attached hydrogen (secondary N) is 1. The van der Waals surface area contributed by atoms with Gasteiger partial charge in [0.15, 0.2) is 0 Å². The number of rotatable bonds is 4. The molecule has 0 aliphatic carbocycles. The molecule has 2 unspecified atom stereocenters. The maximum atomic E-state index is 11.8. The van der Waals surface area contributed by atoms with Crippen molar-refractivity contribution in [2.24, 2.45) is 0 Å². The molecule has 1 N–H and O–H groups in total. The Kier molecular flexibility index (Phi) is 4.75. The summed E-state index contributed by atoms with van der Waals surface area (Å²) in [5.41, 5.74) is 0. The molecule has 0 spiro atoms. The SMILES string of the molecule is C=C(Cl)CNS(=O)(=O)N1CC(C)OC(C)C1. The number of ether oxygens (including phenoxy) is 1. The molecular formula is C9H17ClN2O3S. The van der Waals surface area contributed by atoms with Crippen LogP contribution in [0.4, 0.5) is 0 Å². The van der Waals surface area contributed by atoms with Crippen molar-refractivity contribution >= 4 is 21.8 Å². The van der Waals surface area contributed by atoms with Gasteiger partial charge < -0.3 is 4.74 Å². The number of nitrogens with zero attached hydrogens (tertiary/aromatic N) is 1. The van der Waals surface area contributed by atoms with Gasteiger partial charge in [-0.25, -0.2) is 0 Å². The predicted molar refractivity (Wildman–Crippen MR) is 63.5 cm³/mol. The van der Waals surface area contributed by atoms with E-state index >= 15 is 0 Å². The second-order valence-electron chi connectivity index (χ2n) is 3.92. The van der Waals surface area contributed by atoms with Crippen LogP contribution in [0, 0.1) is 0 Å². The van der Waals surface area contributed by atoms with Crippen molar-refractivity contribution in [3.63, 3.8) is 0 Å². The molecule has 0 aromatic carbocycles. The molecule has 1 heterocycles. The smallest absolute Gasteiger partial charge is 0.279 e. The molecule has 1 fully saturated rings. The van der Waals surface area contributed by atoms with Gasteiger partial charge in [-0.15, -0.1) is 0 Å². The van der Waals surface area contributed by atoms with E-state index in [1.807, 2.05) is 13.8 Å². The van der Waals surface area contributed by atoms with Gasteiger partial charge in [0.2, 0.25) is 0 Å². The van der Waals surface area contributed by atoms with Crippen LogP contribution in [-0.4, -0.2) is 44.6 Å². The Balaban J connectivity index is 2.64. The zero-order valence-corrected chi connectivity index (χ0v) is 11.0. The number of hydrogen-bond donors (Lipinski definition) is 1. The maximum Gasteiger partial charge on any atom is 0.279 e. The fourth-order valence-electron chi connectivity index (χ4n) is 1.59. The largest absolute Gasteiger partial charge is 0.373 e. The van der Waals surface area contributed by atoms with Gasteiger partial charge >= 0.3 is 0 Å². The highest BCUT2D eigenvalue weighted by Crippen LogP contribution is 2.13. The molecule has 0 aromatic heterocycles. The molecule has 1 aliphatic rings. The zero-order valence-electron chi connectivity index (χ0n) is 9.44. The average Bonchev–Trinajstić information content (AvgIpc) is 2.13. The fraction of sp³-hybridized carbons (Fsp3) is 0.778. The molecule has 16 heavy (non-hydrogen) atoms. The van der Waals surface area contributed by atoms with Crippen molar-refractivity contribution < 1.29 is 13.2 Å². The quantitative estimate of drug-likeness (QED) is 0.816. The van der Waals surface area contributed by atoms with Gasteiger partial charge in [0.25, 0.3) is 10.2 Å². The summed E-state index contributed by atoms with van der Waals surface area (Å²) in [6.07, 6.45) is -0.195. The van der Waals surface area contributed by atoms with Crippen LogP contribution in [0.1, 0.15) is 13.8 Å². The second kappa shape index (κ2) is 5.46. The highest BCUT2D eigenvalue weighted by atomic mass is 35.5. The molecule has 2 atom stereocenters. The lowest BCUT2D eigenvalue weighted by Gasteiger charge is -2.34. The topological polar surface area (TPSA) is 58.6 Å². The minimum atomic E-state index is -3.49. The molecule has 7 heteroatoms. The highest BCUT2D eigenvalue weighted by molar-refractivity contribution is 7.87. The molecule has 0 bridgehead atoms. The Morgan fingerprint density at radius 1 is 1.50 bits per heavy atom. The van der Waals surface area contributed by atoms with Gasteiger partial charge in [0, 0.05) is 24.7 Å². The van der Waals surface area contributed by atoms with E-state index in [0.29, 0.717) is 13.1 Å². The van der Waals surface area contributed by atoms with Crippen LogP contribution in [0.25, 0.3) is 0 Å². The molecule has 1 aliphatic heterocycles. The van der Waals surface area contributed by atoms with Gasteiger partial charge in [0.1, 0.15) is 0 Å². The van der Waals surface area contributed by atoms with E-state index in [2.05, 4.69) is 11.3 Å². The molecule has 94 valence electrons. The van der Waals surface area contributed by atoms with Crippen molar-refractivity contribution in [1.82, 2.24) is 9.03 Å². The summed E-state index contributed by atoms with van der Waals surface area (Å²) < 4.78 is 32.9. The maximum absolute atomic E-state index is 11.8. The number of morpholine rings is 1. The fourth-order valence-corrected chi connectivity index (χ4v) is 3.09. The van der Waals surface area contributed by atoms with Crippen molar-refractivity contribution in [3.05, 3.63) is 11.6 Å². The van der Waals surface area contributed by atoms with Crippen molar-refractivity contribution in [2.45, 2.75) is 26.1 Å². The van der Waals surface area contributed by atoms with E-state index in [0.717, 1.165) is 0 Å². The Morgan fingerprint density at radius 3 is 2.44 bits per heavy atom. The first-order chi connectivity index (χ1) is 7.31. The average molecular weight is 269 g/mol. The molecule has 0 aromatic rings. The zero-order chi connectivity index (χ0) is 12.3. The number of halogens is 1. The standard InChI is InChI=1S/C9H17ClN2O3S/c1-7(10)4-11-16(13,14)12-5-8(2)15-9(3)6-12/h8-9,11H,1,4-6H2,2-3H3. The third kappa shape index (κ3) is 4.03. The monoisotopic (exact) mass is 268 g/mol. The van der Waals surface area contributed by atoms with Crippen LogP contribution in [0.2, 0.25) is 0 Å². The minimum absolute atomic E-state index is 0.0456. The lowest BCUT2D eigenvalue weighted by atomic mass is 10.3. The predicted octanol–water partition coefficient (Wildman–Crippen LogP) is 0.683. The van der Waals surface area contributed by atoms with Gasteiger partial charge in [-0.05, 0) is 13.8 Å². The normalized spacial score (nSPS) is 27.9. The molecule has 0 amide bonds. The van der Waals surface area contributed by atoms with Crippen LogP contribution in [0.5, 0.6) is 0 Å². The van der Waals surface area contributed by atoms with E-state index in [1.54, 1.807) is 0 Å². The van der Waals surface area contributed by atoms with Crippen LogP contribution >= 0.6 is 11.6 Å². The van der Waals surface area contributed by atoms with Crippen LogP contribution < -0.4 is 4.72 Å². The van der Waals surface area contributed by atoms with Gasteiger partial charge in [-0.1, -0.05) is 18.2 Å². The van der Waals surface area contributed by atoms with Crippen molar-refractivity contribution in [2.75, 3.05) is 19.6 Å². The van der Waals surface area contributed by atoms with E-state index in [1.165, 1.54) is 4.31 Å². The summed E-state index contributed by atoms with van der Waals surface area (Å²) >= 11 is 5.52. The van der Waals surface area contributed by atoms with Gasteiger partial charge in [-0.2, -0.15) is 17.4 Å². The lowest BCUT2D eigenvalue weighted by molar-refractivity contribution is -0.0443. The first-order valence-electron chi connectivity index (χ1n) is 5.04. The molecule has 1 rings (SSSR count). The number of hydrogen-bond acceptors (Lipinski definition) is 3. The third-order valence-corrected chi connectivity index (χ3v) is 3.79. The summed E-state index contributed by atoms with van der Waals surface area (Å²) in [7, 11) is -3.49. The first kappa shape index (κ1) is 13.9. The second-order valence-corrected chi connectivity index (χ2v) is 6.21. The molecule has 0 saturated carbocycles. The van der Waals surface area contributed by atoms with Crippen LogP contribution in [-0.2, 0) is 14.9 Å². The lowest BCUT2D eigenvalue weighted by Crippen LogP contribution is -2.52. The first-order valence-corrected chi connectivity index (χ1v) is 6.86. The highest BCUT2D eigenvalue weighted by Gasteiger charge is 2.30. The van der Waals surface area contributed by atoms with Gasteiger partial charge in [0.05, 0.1) is 12.2 Å². The van der Waals surface area contributed by atoms with Crippen molar-refractivity contribution in [1.29, 1.82) is 0 Å². The molecular weight excluding hydrogens is 252 g/mol. The Morgan fingerprint density at radius 2 is 2.00 bits per heavy atom.